The van der Waals surface area contributed by atoms with Gasteiger partial charge in [0.25, 0.3) is 0 Å². The predicted molar refractivity (Wildman–Crippen MR) is 96.9 cm³/mol. The fraction of sp³-hybridized carbons (Fsp3) is 0.500. The first-order valence-corrected chi connectivity index (χ1v) is 10.1. The van der Waals surface area contributed by atoms with E-state index in [1.165, 1.54) is 31.3 Å². The number of carbonyl (C=O) groups excluding carboxylic acids is 2. The van der Waals surface area contributed by atoms with E-state index < -0.39 is 34.0 Å². The first kappa shape index (κ1) is 20.9. The van der Waals surface area contributed by atoms with Gasteiger partial charge < -0.3 is 10.1 Å². The molecule has 1 aromatic carbocycles. The van der Waals surface area contributed by atoms with E-state index in [2.05, 4.69) is 5.32 Å². The standard InChI is InChI=1S/C18H23N3O5S/c1-3-26-17(23)18(10-4-5-11-18)20-16(22)13-21(2)27(24,25)15-8-6-14(12-19)7-9-15/h6-9H,3-5,10-11,13H2,1-2H3,(H,20,22). The summed E-state index contributed by atoms with van der Waals surface area (Å²) in [7, 11) is -2.61. The number of sulfonamides is 1. The van der Waals surface area contributed by atoms with Gasteiger partial charge in [0.05, 0.1) is 29.7 Å². The zero-order valence-electron chi connectivity index (χ0n) is 15.4. The van der Waals surface area contributed by atoms with Crippen LogP contribution in [0.3, 0.4) is 0 Å². The molecule has 0 bridgehead atoms. The summed E-state index contributed by atoms with van der Waals surface area (Å²) in [5, 5.41) is 11.5. The summed E-state index contributed by atoms with van der Waals surface area (Å²) in [6.07, 6.45) is 2.53. The van der Waals surface area contributed by atoms with Gasteiger partial charge in [-0.05, 0) is 44.0 Å². The number of nitrogens with zero attached hydrogens (tertiary/aromatic N) is 2. The molecule has 1 aromatic rings. The molecular formula is C18H23N3O5S. The molecule has 1 N–H and O–H groups in total. The number of nitriles is 1. The minimum absolute atomic E-state index is 0.0160. The zero-order valence-corrected chi connectivity index (χ0v) is 16.2. The van der Waals surface area contributed by atoms with E-state index in [0.29, 0.717) is 18.4 Å². The maximum absolute atomic E-state index is 12.6. The van der Waals surface area contributed by atoms with Gasteiger partial charge >= 0.3 is 5.97 Å². The van der Waals surface area contributed by atoms with Crippen molar-refractivity contribution in [3.8, 4) is 6.07 Å². The molecule has 0 aliphatic heterocycles. The Morgan fingerprint density at radius 1 is 1.26 bits per heavy atom. The molecule has 9 heteroatoms. The number of amides is 1. The molecule has 0 radical (unpaired) electrons. The lowest BCUT2D eigenvalue weighted by molar-refractivity contribution is -0.153. The largest absolute Gasteiger partial charge is 0.464 e. The van der Waals surface area contributed by atoms with Crippen molar-refractivity contribution in [3.63, 3.8) is 0 Å². The van der Waals surface area contributed by atoms with Gasteiger partial charge in [-0.25, -0.2) is 13.2 Å². The van der Waals surface area contributed by atoms with Crippen LogP contribution in [0.25, 0.3) is 0 Å². The highest BCUT2D eigenvalue weighted by Crippen LogP contribution is 2.31. The minimum atomic E-state index is -3.90. The Morgan fingerprint density at radius 3 is 2.37 bits per heavy atom. The Morgan fingerprint density at radius 2 is 1.85 bits per heavy atom. The van der Waals surface area contributed by atoms with Crippen LogP contribution in [0.4, 0.5) is 0 Å². The van der Waals surface area contributed by atoms with Crippen molar-refractivity contribution in [2.24, 2.45) is 0 Å². The molecule has 1 fully saturated rings. The summed E-state index contributed by atoms with van der Waals surface area (Å²) in [5.74, 6) is -1.04. The summed E-state index contributed by atoms with van der Waals surface area (Å²) < 4.78 is 31.2. The fourth-order valence-electron chi connectivity index (χ4n) is 3.10. The van der Waals surface area contributed by atoms with Crippen LogP contribution in [-0.4, -0.2) is 50.3 Å². The summed E-state index contributed by atoms with van der Waals surface area (Å²) in [6, 6.07) is 7.35. The number of hydrogen-bond acceptors (Lipinski definition) is 6. The summed E-state index contributed by atoms with van der Waals surface area (Å²) in [4.78, 5) is 24.7. The molecule has 27 heavy (non-hydrogen) atoms. The summed E-state index contributed by atoms with van der Waals surface area (Å²) in [6.45, 7) is 1.48. The normalized spacial score (nSPS) is 15.9. The van der Waals surface area contributed by atoms with Crippen LogP contribution in [0.1, 0.15) is 38.2 Å². The number of ether oxygens (including phenoxy) is 1. The third-order valence-corrected chi connectivity index (χ3v) is 6.38. The molecule has 146 valence electrons. The maximum atomic E-state index is 12.6. The average Bonchev–Trinajstić information content (AvgIpc) is 3.11. The number of benzene rings is 1. The van der Waals surface area contributed by atoms with Crippen LogP contribution in [0.2, 0.25) is 0 Å². The van der Waals surface area contributed by atoms with E-state index in [4.69, 9.17) is 10.00 Å². The number of carbonyl (C=O) groups is 2. The number of likely N-dealkylation sites (N-methyl/N-ethyl adjacent to an activating group) is 1. The quantitative estimate of drug-likeness (QED) is 0.695. The minimum Gasteiger partial charge on any atom is -0.464 e. The molecule has 0 spiro atoms. The van der Waals surface area contributed by atoms with Crippen LogP contribution >= 0.6 is 0 Å². The second-order valence-corrected chi connectivity index (χ2v) is 8.50. The first-order chi connectivity index (χ1) is 12.7. The highest BCUT2D eigenvalue weighted by Gasteiger charge is 2.44. The lowest BCUT2D eigenvalue weighted by atomic mass is 9.97. The molecule has 1 aliphatic carbocycles. The van der Waals surface area contributed by atoms with E-state index in [0.717, 1.165) is 17.1 Å². The van der Waals surface area contributed by atoms with Crippen molar-refractivity contribution in [1.29, 1.82) is 5.26 Å². The molecule has 0 saturated heterocycles. The lowest BCUT2D eigenvalue weighted by Crippen LogP contribution is -2.55. The molecule has 8 nitrogen and oxygen atoms in total. The number of rotatable bonds is 7. The Hall–Kier alpha value is -2.44. The van der Waals surface area contributed by atoms with Gasteiger partial charge in [0.1, 0.15) is 5.54 Å². The number of hydrogen-bond donors (Lipinski definition) is 1. The van der Waals surface area contributed by atoms with Gasteiger partial charge in [0.2, 0.25) is 15.9 Å². The average molecular weight is 393 g/mol. The highest BCUT2D eigenvalue weighted by atomic mass is 32.2. The van der Waals surface area contributed by atoms with Crippen molar-refractivity contribution < 1.29 is 22.7 Å². The Bertz CT molecular complexity index is 837. The van der Waals surface area contributed by atoms with Gasteiger partial charge in [-0.15, -0.1) is 0 Å². The smallest absolute Gasteiger partial charge is 0.331 e. The third kappa shape index (κ3) is 4.64. The van der Waals surface area contributed by atoms with Crippen molar-refractivity contribution in [1.82, 2.24) is 9.62 Å². The van der Waals surface area contributed by atoms with E-state index in [9.17, 15) is 18.0 Å². The maximum Gasteiger partial charge on any atom is 0.331 e. The molecule has 0 heterocycles. The van der Waals surface area contributed by atoms with Crippen LogP contribution in [0, 0.1) is 11.3 Å². The monoisotopic (exact) mass is 393 g/mol. The SMILES string of the molecule is CCOC(=O)C1(NC(=O)CN(C)S(=O)(=O)c2ccc(C#N)cc2)CCCC1. The second-order valence-electron chi connectivity index (χ2n) is 6.46. The Kier molecular flexibility index (Phi) is 6.57. The highest BCUT2D eigenvalue weighted by molar-refractivity contribution is 7.89. The zero-order chi connectivity index (χ0) is 20.1. The van der Waals surface area contributed by atoms with E-state index in [-0.39, 0.29) is 11.5 Å². The van der Waals surface area contributed by atoms with E-state index >= 15 is 0 Å². The summed E-state index contributed by atoms with van der Waals surface area (Å²) in [5.41, 5.74) is -0.737. The molecule has 1 saturated carbocycles. The Balaban J connectivity index is 2.09. The molecular weight excluding hydrogens is 370 g/mol. The molecule has 1 aliphatic rings. The van der Waals surface area contributed by atoms with Crippen molar-refractivity contribution in [2.45, 2.75) is 43.0 Å². The van der Waals surface area contributed by atoms with E-state index in [1.807, 2.05) is 6.07 Å². The number of nitrogens with one attached hydrogen (secondary N) is 1. The van der Waals surface area contributed by atoms with Crippen LogP contribution in [0.15, 0.2) is 29.2 Å². The number of esters is 1. The van der Waals surface area contributed by atoms with Crippen molar-refractivity contribution in [3.05, 3.63) is 29.8 Å². The van der Waals surface area contributed by atoms with E-state index in [1.54, 1.807) is 6.92 Å². The molecule has 0 unspecified atom stereocenters. The molecule has 1 amide bonds. The Labute approximate surface area is 159 Å². The molecule has 0 aromatic heterocycles. The van der Waals surface area contributed by atoms with Crippen molar-refractivity contribution >= 4 is 21.9 Å². The van der Waals surface area contributed by atoms with Crippen LogP contribution in [-0.2, 0) is 24.3 Å². The van der Waals surface area contributed by atoms with Crippen LogP contribution < -0.4 is 5.32 Å². The second kappa shape index (κ2) is 8.50. The third-order valence-electron chi connectivity index (χ3n) is 4.56. The van der Waals surface area contributed by atoms with Gasteiger partial charge in [-0.1, -0.05) is 12.8 Å². The molecule has 0 atom stereocenters. The van der Waals surface area contributed by atoms with Gasteiger partial charge in [-0.3, -0.25) is 4.79 Å². The van der Waals surface area contributed by atoms with Gasteiger partial charge in [0.15, 0.2) is 0 Å². The summed E-state index contributed by atoms with van der Waals surface area (Å²) >= 11 is 0. The topological polar surface area (TPSA) is 117 Å². The predicted octanol–water partition coefficient (Wildman–Crippen LogP) is 1.17. The molecule has 2 rings (SSSR count). The van der Waals surface area contributed by atoms with Crippen molar-refractivity contribution in [2.75, 3.05) is 20.2 Å². The lowest BCUT2D eigenvalue weighted by Gasteiger charge is -2.28. The first-order valence-electron chi connectivity index (χ1n) is 8.70. The van der Waals surface area contributed by atoms with Gasteiger partial charge in [0, 0.05) is 7.05 Å². The van der Waals surface area contributed by atoms with Crippen LogP contribution in [0.5, 0.6) is 0 Å². The van der Waals surface area contributed by atoms with Gasteiger partial charge in [-0.2, -0.15) is 9.57 Å². The fourth-order valence-corrected chi connectivity index (χ4v) is 4.23.